The highest BCUT2D eigenvalue weighted by atomic mass is 16.5. The molecule has 0 saturated carbocycles. The van der Waals surface area contributed by atoms with Crippen molar-refractivity contribution in [3.63, 3.8) is 0 Å². The first-order chi connectivity index (χ1) is 13.8. The molecule has 2 aromatic carbocycles. The van der Waals surface area contributed by atoms with Crippen LogP contribution in [0, 0.1) is 0 Å². The van der Waals surface area contributed by atoms with Gasteiger partial charge in [0.05, 0.1) is 13.7 Å². The maximum absolute atomic E-state index is 5.30. The number of nitrogens with one attached hydrogen (secondary N) is 2. The molecule has 5 nitrogen and oxygen atoms in total. The second kappa shape index (κ2) is 10.7. The highest BCUT2D eigenvalue weighted by Crippen LogP contribution is 2.15. The number of benzene rings is 2. The summed E-state index contributed by atoms with van der Waals surface area (Å²) in [5.41, 5.74) is 2.54. The molecule has 0 bridgehead atoms. The van der Waals surface area contributed by atoms with Crippen LogP contribution in [0.2, 0.25) is 0 Å². The van der Waals surface area contributed by atoms with Gasteiger partial charge in [0.1, 0.15) is 5.75 Å². The van der Waals surface area contributed by atoms with E-state index >= 15 is 0 Å². The van der Waals surface area contributed by atoms with Crippen molar-refractivity contribution >= 4 is 5.96 Å². The van der Waals surface area contributed by atoms with Crippen molar-refractivity contribution in [1.82, 2.24) is 15.5 Å². The molecule has 2 N–H and O–H groups in total. The van der Waals surface area contributed by atoms with Crippen molar-refractivity contribution in [2.45, 2.75) is 38.9 Å². The minimum Gasteiger partial charge on any atom is -0.497 e. The quantitative estimate of drug-likeness (QED) is 0.571. The topological polar surface area (TPSA) is 48.9 Å². The Morgan fingerprint density at radius 1 is 1.07 bits per heavy atom. The first-order valence-electron chi connectivity index (χ1n) is 10.2. The van der Waals surface area contributed by atoms with Crippen LogP contribution in [-0.4, -0.2) is 43.6 Å². The van der Waals surface area contributed by atoms with Crippen molar-refractivity contribution in [2.75, 3.05) is 26.7 Å². The molecule has 2 aromatic rings. The van der Waals surface area contributed by atoms with Crippen LogP contribution in [0.1, 0.15) is 30.9 Å². The highest BCUT2D eigenvalue weighted by molar-refractivity contribution is 5.80. The second-order valence-electron chi connectivity index (χ2n) is 7.23. The molecular weight excluding hydrogens is 348 g/mol. The molecule has 0 unspecified atom stereocenters. The summed E-state index contributed by atoms with van der Waals surface area (Å²) < 4.78 is 5.30. The van der Waals surface area contributed by atoms with Gasteiger partial charge in [-0.05, 0) is 43.0 Å². The number of guanidine groups is 1. The van der Waals surface area contributed by atoms with Gasteiger partial charge < -0.3 is 15.4 Å². The maximum atomic E-state index is 5.30. The number of hydrogen-bond donors (Lipinski definition) is 2. The van der Waals surface area contributed by atoms with Crippen LogP contribution in [0.15, 0.2) is 59.6 Å². The van der Waals surface area contributed by atoms with Gasteiger partial charge in [-0.2, -0.15) is 0 Å². The Morgan fingerprint density at radius 2 is 1.82 bits per heavy atom. The van der Waals surface area contributed by atoms with Crippen molar-refractivity contribution in [3.8, 4) is 5.75 Å². The highest BCUT2D eigenvalue weighted by Gasteiger charge is 2.20. The third kappa shape index (κ3) is 6.27. The van der Waals surface area contributed by atoms with Gasteiger partial charge in [-0.3, -0.25) is 4.90 Å². The van der Waals surface area contributed by atoms with Gasteiger partial charge in [0.25, 0.3) is 0 Å². The Balaban J connectivity index is 1.50. The predicted octanol–water partition coefficient (Wildman–Crippen LogP) is 3.41. The minimum atomic E-state index is 0.468. The molecule has 28 heavy (non-hydrogen) atoms. The van der Waals surface area contributed by atoms with E-state index < -0.39 is 0 Å². The molecule has 1 aliphatic heterocycles. The van der Waals surface area contributed by atoms with E-state index in [2.05, 4.69) is 58.9 Å². The maximum Gasteiger partial charge on any atom is 0.191 e. The first kappa shape index (κ1) is 20.2. The lowest BCUT2D eigenvalue weighted by Crippen LogP contribution is -2.48. The van der Waals surface area contributed by atoms with E-state index in [1.807, 2.05) is 18.2 Å². The van der Waals surface area contributed by atoms with E-state index in [0.29, 0.717) is 12.6 Å². The fourth-order valence-corrected chi connectivity index (χ4v) is 3.53. The van der Waals surface area contributed by atoms with E-state index in [4.69, 9.17) is 9.73 Å². The second-order valence-corrected chi connectivity index (χ2v) is 7.23. The van der Waals surface area contributed by atoms with Gasteiger partial charge in [0.15, 0.2) is 5.96 Å². The van der Waals surface area contributed by atoms with E-state index in [1.54, 1.807) is 7.11 Å². The summed E-state index contributed by atoms with van der Waals surface area (Å²) in [6.45, 7) is 6.86. The number of methoxy groups -OCH3 is 1. The van der Waals surface area contributed by atoms with Crippen LogP contribution < -0.4 is 15.4 Å². The molecule has 0 amide bonds. The summed E-state index contributed by atoms with van der Waals surface area (Å²) >= 11 is 0. The van der Waals surface area contributed by atoms with Crippen LogP contribution in [0.5, 0.6) is 5.75 Å². The van der Waals surface area contributed by atoms with E-state index in [0.717, 1.165) is 56.3 Å². The van der Waals surface area contributed by atoms with Crippen LogP contribution in [-0.2, 0) is 13.1 Å². The molecule has 0 radical (unpaired) electrons. The zero-order chi connectivity index (χ0) is 19.6. The molecule has 0 spiro atoms. The number of hydrogen-bond acceptors (Lipinski definition) is 3. The molecule has 150 valence electrons. The molecule has 0 atom stereocenters. The van der Waals surface area contributed by atoms with Crippen LogP contribution in [0.4, 0.5) is 0 Å². The fourth-order valence-electron chi connectivity index (χ4n) is 3.53. The van der Waals surface area contributed by atoms with Crippen LogP contribution >= 0.6 is 0 Å². The monoisotopic (exact) mass is 380 g/mol. The van der Waals surface area contributed by atoms with Gasteiger partial charge in [0.2, 0.25) is 0 Å². The van der Waals surface area contributed by atoms with Gasteiger partial charge in [-0.15, -0.1) is 0 Å². The Kier molecular flexibility index (Phi) is 7.73. The molecule has 3 rings (SSSR count). The van der Waals surface area contributed by atoms with Gasteiger partial charge >= 0.3 is 0 Å². The predicted molar refractivity (Wildman–Crippen MR) is 116 cm³/mol. The number of likely N-dealkylation sites (tertiary alicyclic amines) is 1. The molecule has 1 fully saturated rings. The number of rotatable bonds is 7. The average molecular weight is 381 g/mol. The SMILES string of the molecule is CCNC(=NCc1cccc(OC)c1)NC1CCN(Cc2ccccc2)CC1. The summed E-state index contributed by atoms with van der Waals surface area (Å²) in [6, 6.07) is 19.3. The van der Waals surface area contributed by atoms with Crippen LogP contribution in [0.3, 0.4) is 0 Å². The molecule has 1 aliphatic rings. The summed E-state index contributed by atoms with van der Waals surface area (Å²) in [7, 11) is 1.69. The molecule has 0 aromatic heterocycles. The number of ether oxygens (including phenoxy) is 1. The number of aliphatic imine (C=N–C) groups is 1. The van der Waals surface area contributed by atoms with Crippen molar-refractivity contribution in [1.29, 1.82) is 0 Å². The Labute approximate surface area is 168 Å². The summed E-state index contributed by atoms with van der Waals surface area (Å²) in [6.07, 6.45) is 2.27. The Hall–Kier alpha value is -2.53. The first-order valence-corrected chi connectivity index (χ1v) is 10.2. The smallest absolute Gasteiger partial charge is 0.191 e. The van der Waals surface area contributed by atoms with Crippen LogP contribution in [0.25, 0.3) is 0 Å². The lowest BCUT2D eigenvalue weighted by atomic mass is 10.0. The molecule has 1 heterocycles. The summed E-state index contributed by atoms with van der Waals surface area (Å²) in [5.74, 6) is 1.77. The fraction of sp³-hybridized carbons (Fsp3) is 0.435. The van der Waals surface area contributed by atoms with E-state index in [1.165, 1.54) is 5.56 Å². The van der Waals surface area contributed by atoms with Crippen molar-refractivity contribution in [2.24, 2.45) is 4.99 Å². The van der Waals surface area contributed by atoms with Gasteiger partial charge in [-0.25, -0.2) is 4.99 Å². The van der Waals surface area contributed by atoms with Crippen molar-refractivity contribution < 1.29 is 4.74 Å². The zero-order valence-corrected chi connectivity index (χ0v) is 17.0. The third-order valence-corrected chi connectivity index (χ3v) is 5.08. The lowest BCUT2D eigenvalue weighted by molar-refractivity contribution is 0.198. The summed E-state index contributed by atoms with van der Waals surface area (Å²) in [5, 5.41) is 6.99. The van der Waals surface area contributed by atoms with Gasteiger partial charge in [0, 0.05) is 32.2 Å². The molecule has 0 aliphatic carbocycles. The Morgan fingerprint density at radius 3 is 2.54 bits per heavy atom. The molecule has 5 heteroatoms. The van der Waals surface area contributed by atoms with E-state index in [-0.39, 0.29) is 0 Å². The molecule has 1 saturated heterocycles. The molecular formula is C23H32N4O. The Bertz CT molecular complexity index is 739. The largest absolute Gasteiger partial charge is 0.497 e. The zero-order valence-electron chi connectivity index (χ0n) is 17.0. The standard InChI is InChI=1S/C23H32N4O/c1-3-24-23(25-17-20-10-7-11-22(16-20)28-2)26-21-12-14-27(15-13-21)18-19-8-5-4-6-9-19/h4-11,16,21H,3,12-15,17-18H2,1-2H3,(H2,24,25,26). The van der Waals surface area contributed by atoms with E-state index in [9.17, 15) is 0 Å². The van der Waals surface area contributed by atoms with Crippen molar-refractivity contribution in [3.05, 3.63) is 65.7 Å². The third-order valence-electron chi connectivity index (χ3n) is 5.08. The number of piperidine rings is 1. The van der Waals surface area contributed by atoms with Gasteiger partial charge in [-0.1, -0.05) is 42.5 Å². The normalized spacial score (nSPS) is 16.0. The lowest BCUT2D eigenvalue weighted by Gasteiger charge is -2.33. The minimum absolute atomic E-state index is 0.468. The number of nitrogens with zero attached hydrogens (tertiary/aromatic N) is 2. The summed E-state index contributed by atoms with van der Waals surface area (Å²) in [4.78, 5) is 7.30. The average Bonchev–Trinajstić information content (AvgIpc) is 2.74.